The number of benzene rings is 1. The number of aromatic nitrogens is 3. The number of nitrogens with two attached hydrogens (primary N) is 1. The number of primary amides is 1. The van der Waals surface area contributed by atoms with Crippen LogP contribution in [-0.2, 0) is 0 Å². The highest BCUT2D eigenvalue weighted by Crippen LogP contribution is 2.13. The minimum Gasteiger partial charge on any atom is -0.350 e. The number of hydrogen-bond acceptors (Lipinski definition) is 3. The van der Waals surface area contributed by atoms with Crippen LogP contribution in [0.25, 0.3) is 0 Å². The lowest BCUT2D eigenvalue weighted by molar-refractivity contribution is 0.252. The van der Waals surface area contributed by atoms with E-state index in [1.165, 1.54) is 22.3 Å². The van der Waals surface area contributed by atoms with E-state index in [2.05, 4.69) is 10.2 Å². The molecule has 1 aromatic heterocycles. The lowest BCUT2D eigenvalue weighted by Gasteiger charge is -2.19. The summed E-state index contributed by atoms with van der Waals surface area (Å²) >= 11 is 0. The molecular weight excluding hydrogens is 194 g/mol. The lowest BCUT2D eigenvalue weighted by Crippen LogP contribution is -2.39. The lowest BCUT2D eigenvalue weighted by atomic mass is 10.3. The molecule has 2 N–H and O–H groups in total. The zero-order chi connectivity index (χ0) is 10.7. The van der Waals surface area contributed by atoms with Crippen molar-refractivity contribution in [2.45, 2.75) is 0 Å². The van der Waals surface area contributed by atoms with Gasteiger partial charge < -0.3 is 5.73 Å². The fraction of sp³-hybridized carbons (Fsp3) is 0. The number of amides is 2. The van der Waals surface area contributed by atoms with Crippen LogP contribution in [0.2, 0.25) is 0 Å². The standard InChI is InChI=1S/C9H9N5O/c10-9(15)14(13-6-11-12-7-13)8-4-2-1-3-5-8/h1-7H,(H2,10,15). The van der Waals surface area contributed by atoms with Crippen molar-refractivity contribution in [2.24, 2.45) is 5.73 Å². The fourth-order valence-electron chi connectivity index (χ4n) is 1.24. The number of carbonyl (C=O) groups excluding carboxylic acids is 1. The summed E-state index contributed by atoms with van der Waals surface area (Å²) in [5.74, 6) is 0. The van der Waals surface area contributed by atoms with Gasteiger partial charge in [0.1, 0.15) is 12.7 Å². The van der Waals surface area contributed by atoms with Crippen LogP contribution in [0.3, 0.4) is 0 Å². The first kappa shape index (κ1) is 9.20. The summed E-state index contributed by atoms with van der Waals surface area (Å²) in [6.07, 6.45) is 2.80. The van der Waals surface area contributed by atoms with Crippen molar-refractivity contribution in [3.05, 3.63) is 43.0 Å². The van der Waals surface area contributed by atoms with Gasteiger partial charge >= 0.3 is 6.03 Å². The third-order valence-electron chi connectivity index (χ3n) is 1.85. The number of nitrogens with zero attached hydrogens (tertiary/aromatic N) is 4. The van der Waals surface area contributed by atoms with Crippen molar-refractivity contribution < 1.29 is 4.79 Å². The average molecular weight is 203 g/mol. The zero-order valence-electron chi connectivity index (χ0n) is 7.82. The average Bonchev–Trinajstić information content (AvgIpc) is 2.72. The van der Waals surface area contributed by atoms with Crippen LogP contribution in [0.4, 0.5) is 10.5 Å². The molecule has 2 aromatic rings. The van der Waals surface area contributed by atoms with Crippen LogP contribution in [0, 0.1) is 0 Å². The van der Waals surface area contributed by atoms with Crippen LogP contribution < -0.4 is 10.7 Å². The van der Waals surface area contributed by atoms with E-state index in [0.29, 0.717) is 5.69 Å². The number of hydrogen-bond donors (Lipinski definition) is 1. The fourth-order valence-corrected chi connectivity index (χ4v) is 1.24. The molecule has 0 aliphatic carbocycles. The summed E-state index contributed by atoms with van der Waals surface area (Å²) in [4.78, 5) is 11.3. The molecule has 0 fully saturated rings. The van der Waals surface area contributed by atoms with E-state index < -0.39 is 6.03 Å². The molecule has 0 aliphatic heterocycles. The number of rotatable bonds is 2. The van der Waals surface area contributed by atoms with Crippen LogP contribution in [0.1, 0.15) is 0 Å². The van der Waals surface area contributed by atoms with E-state index in [1.807, 2.05) is 18.2 Å². The van der Waals surface area contributed by atoms with E-state index in [4.69, 9.17) is 5.73 Å². The van der Waals surface area contributed by atoms with Crippen molar-refractivity contribution in [3.63, 3.8) is 0 Å². The molecule has 76 valence electrons. The van der Waals surface area contributed by atoms with E-state index in [0.717, 1.165) is 0 Å². The Balaban J connectivity index is 2.42. The Morgan fingerprint density at radius 3 is 2.33 bits per heavy atom. The Hall–Kier alpha value is -2.37. The molecule has 1 aromatic carbocycles. The summed E-state index contributed by atoms with van der Waals surface area (Å²) in [5.41, 5.74) is 5.93. The summed E-state index contributed by atoms with van der Waals surface area (Å²) < 4.78 is 1.41. The Labute approximate surface area is 85.9 Å². The van der Waals surface area contributed by atoms with E-state index in [1.54, 1.807) is 12.1 Å². The topological polar surface area (TPSA) is 77.0 Å². The summed E-state index contributed by atoms with van der Waals surface area (Å²) in [7, 11) is 0. The van der Waals surface area contributed by atoms with E-state index in [-0.39, 0.29) is 0 Å². The van der Waals surface area contributed by atoms with Crippen LogP contribution in [-0.4, -0.2) is 20.9 Å². The first-order chi connectivity index (χ1) is 7.29. The molecule has 2 amide bonds. The normalized spacial score (nSPS) is 9.87. The van der Waals surface area contributed by atoms with Crippen LogP contribution in [0.5, 0.6) is 0 Å². The molecule has 1 heterocycles. The highest BCUT2D eigenvalue weighted by Gasteiger charge is 2.13. The summed E-state index contributed by atoms with van der Waals surface area (Å²) in [5, 5.41) is 8.49. The van der Waals surface area contributed by atoms with E-state index in [9.17, 15) is 4.79 Å². The highest BCUT2D eigenvalue weighted by molar-refractivity contribution is 5.89. The Kier molecular flexibility index (Phi) is 2.32. The van der Waals surface area contributed by atoms with Gasteiger partial charge in [0, 0.05) is 0 Å². The third-order valence-corrected chi connectivity index (χ3v) is 1.85. The van der Waals surface area contributed by atoms with Crippen LogP contribution in [0.15, 0.2) is 43.0 Å². The summed E-state index contributed by atoms with van der Waals surface area (Å²) in [6, 6.07) is 8.43. The van der Waals surface area contributed by atoms with Crippen molar-refractivity contribution in [1.82, 2.24) is 14.9 Å². The predicted molar refractivity (Wildman–Crippen MR) is 53.9 cm³/mol. The van der Waals surface area contributed by atoms with Gasteiger partial charge in [-0.25, -0.2) is 9.47 Å². The molecule has 15 heavy (non-hydrogen) atoms. The number of carbonyl (C=O) groups is 1. The molecule has 0 aliphatic rings. The van der Waals surface area contributed by atoms with Gasteiger partial charge in [0.25, 0.3) is 0 Å². The molecule has 0 unspecified atom stereocenters. The van der Waals surface area contributed by atoms with Gasteiger partial charge in [0.05, 0.1) is 5.69 Å². The van der Waals surface area contributed by atoms with E-state index >= 15 is 0 Å². The molecule has 6 nitrogen and oxygen atoms in total. The van der Waals surface area contributed by atoms with Crippen molar-refractivity contribution in [1.29, 1.82) is 0 Å². The Bertz CT molecular complexity index is 439. The molecular formula is C9H9N5O. The maximum Gasteiger partial charge on any atom is 0.338 e. The van der Waals surface area contributed by atoms with Crippen molar-refractivity contribution in [3.8, 4) is 0 Å². The van der Waals surface area contributed by atoms with Crippen molar-refractivity contribution in [2.75, 3.05) is 5.01 Å². The van der Waals surface area contributed by atoms with Gasteiger partial charge in [-0.3, -0.25) is 0 Å². The minimum atomic E-state index is -0.596. The van der Waals surface area contributed by atoms with Crippen molar-refractivity contribution >= 4 is 11.7 Å². The molecule has 6 heteroatoms. The zero-order valence-corrected chi connectivity index (χ0v) is 7.82. The maximum absolute atomic E-state index is 11.3. The van der Waals surface area contributed by atoms with Gasteiger partial charge in [-0.1, -0.05) is 18.2 Å². The Morgan fingerprint density at radius 2 is 1.80 bits per heavy atom. The first-order valence-electron chi connectivity index (χ1n) is 4.28. The smallest absolute Gasteiger partial charge is 0.338 e. The maximum atomic E-state index is 11.3. The largest absolute Gasteiger partial charge is 0.350 e. The minimum absolute atomic E-state index is 0.596. The van der Waals surface area contributed by atoms with Gasteiger partial charge in [0.15, 0.2) is 0 Å². The summed E-state index contributed by atoms with van der Waals surface area (Å²) in [6.45, 7) is 0. The highest BCUT2D eigenvalue weighted by atomic mass is 16.2. The second-order valence-corrected chi connectivity index (χ2v) is 2.83. The number of anilines is 1. The number of urea groups is 1. The molecule has 0 radical (unpaired) electrons. The quantitative estimate of drug-likeness (QED) is 0.777. The molecule has 0 atom stereocenters. The van der Waals surface area contributed by atoms with Gasteiger partial charge in [-0.15, -0.1) is 10.2 Å². The molecule has 2 rings (SSSR count). The van der Waals surface area contributed by atoms with Gasteiger partial charge in [-0.05, 0) is 12.1 Å². The SMILES string of the molecule is NC(=O)N(c1ccccc1)n1cnnc1. The second kappa shape index (κ2) is 3.79. The molecule has 0 saturated heterocycles. The van der Waals surface area contributed by atoms with Gasteiger partial charge in [0.2, 0.25) is 0 Å². The number of para-hydroxylation sites is 1. The monoisotopic (exact) mass is 203 g/mol. The molecule has 0 spiro atoms. The second-order valence-electron chi connectivity index (χ2n) is 2.83. The Morgan fingerprint density at radius 1 is 1.20 bits per heavy atom. The third kappa shape index (κ3) is 1.78. The van der Waals surface area contributed by atoms with Gasteiger partial charge in [-0.2, -0.15) is 5.01 Å². The first-order valence-corrected chi connectivity index (χ1v) is 4.28. The molecule has 0 bridgehead atoms. The predicted octanol–water partition coefficient (Wildman–Crippen LogP) is 0.627. The molecule has 0 saturated carbocycles. The van der Waals surface area contributed by atoms with Crippen LogP contribution >= 0.6 is 0 Å².